The maximum absolute atomic E-state index is 12.3. The minimum Gasteiger partial charge on any atom is -0.494 e. The zero-order chi connectivity index (χ0) is 22.2. The molecule has 0 aliphatic carbocycles. The summed E-state index contributed by atoms with van der Waals surface area (Å²) in [5.41, 5.74) is 1.45. The van der Waals surface area contributed by atoms with Crippen molar-refractivity contribution in [3.8, 4) is 17.2 Å². The number of amidine groups is 1. The summed E-state index contributed by atoms with van der Waals surface area (Å²) in [6.45, 7) is 2.29. The van der Waals surface area contributed by atoms with Gasteiger partial charge < -0.3 is 24.3 Å². The van der Waals surface area contributed by atoms with Crippen LogP contribution in [0.15, 0.2) is 52.4 Å². The number of methoxy groups -OCH3 is 2. The standard InChI is InChI=1S/C22H22N2O6S/c1-4-29-16-8-6-15(7-9-16)23-22-24-21(26)19(31-22)12-14-5-10-17(18(11-14)27-2)30-13-20(25)28-3/h5-12H,4,13H2,1-3H3,(H,23,24,26)/b19-12+. The van der Waals surface area contributed by atoms with E-state index in [1.54, 1.807) is 24.3 Å². The predicted molar refractivity (Wildman–Crippen MR) is 119 cm³/mol. The number of aliphatic imine (C=N–C) groups is 1. The molecule has 8 nitrogen and oxygen atoms in total. The first kappa shape index (κ1) is 22.2. The van der Waals surface area contributed by atoms with Crippen LogP contribution in [0.25, 0.3) is 6.08 Å². The van der Waals surface area contributed by atoms with Crippen molar-refractivity contribution in [3.63, 3.8) is 0 Å². The molecule has 1 fully saturated rings. The van der Waals surface area contributed by atoms with Crippen LogP contribution in [0.4, 0.5) is 5.69 Å². The van der Waals surface area contributed by atoms with E-state index in [-0.39, 0.29) is 12.5 Å². The van der Waals surface area contributed by atoms with Gasteiger partial charge in [0.05, 0.1) is 31.4 Å². The highest BCUT2D eigenvalue weighted by Crippen LogP contribution is 2.32. The van der Waals surface area contributed by atoms with Gasteiger partial charge in [-0.2, -0.15) is 0 Å². The minimum atomic E-state index is -0.494. The van der Waals surface area contributed by atoms with Gasteiger partial charge in [-0.05, 0) is 66.7 Å². The molecule has 0 saturated carbocycles. The molecule has 1 amide bonds. The summed E-state index contributed by atoms with van der Waals surface area (Å²) in [7, 11) is 2.78. The Kier molecular flexibility index (Phi) is 7.55. The molecule has 1 aliphatic heterocycles. The molecule has 1 aliphatic rings. The van der Waals surface area contributed by atoms with Gasteiger partial charge in [-0.1, -0.05) is 6.07 Å². The normalized spacial score (nSPS) is 15.6. The molecule has 0 aromatic heterocycles. The van der Waals surface area contributed by atoms with Crippen LogP contribution in [0, 0.1) is 0 Å². The maximum Gasteiger partial charge on any atom is 0.343 e. The molecule has 0 bridgehead atoms. The van der Waals surface area contributed by atoms with E-state index in [0.29, 0.717) is 33.9 Å². The van der Waals surface area contributed by atoms with Crippen molar-refractivity contribution in [2.45, 2.75) is 6.92 Å². The van der Waals surface area contributed by atoms with Crippen LogP contribution >= 0.6 is 11.8 Å². The Morgan fingerprint density at radius 2 is 1.87 bits per heavy atom. The molecule has 0 unspecified atom stereocenters. The number of ether oxygens (including phenoxy) is 4. The van der Waals surface area contributed by atoms with Crippen LogP contribution in [-0.4, -0.2) is 44.5 Å². The Hall–Kier alpha value is -3.46. The van der Waals surface area contributed by atoms with Gasteiger partial charge in [0.25, 0.3) is 5.91 Å². The summed E-state index contributed by atoms with van der Waals surface area (Å²) in [6.07, 6.45) is 1.73. The van der Waals surface area contributed by atoms with Gasteiger partial charge >= 0.3 is 5.97 Å². The Morgan fingerprint density at radius 3 is 2.55 bits per heavy atom. The number of esters is 1. The topological polar surface area (TPSA) is 95.5 Å². The third-order valence-corrected chi connectivity index (χ3v) is 5.00. The zero-order valence-corrected chi connectivity index (χ0v) is 18.2. The largest absolute Gasteiger partial charge is 0.494 e. The van der Waals surface area contributed by atoms with E-state index in [0.717, 1.165) is 11.3 Å². The first-order valence-corrected chi connectivity index (χ1v) is 10.2. The molecule has 2 aromatic carbocycles. The van der Waals surface area contributed by atoms with Crippen molar-refractivity contribution in [1.82, 2.24) is 5.32 Å². The molecule has 1 saturated heterocycles. The summed E-state index contributed by atoms with van der Waals surface area (Å²) in [5, 5.41) is 3.25. The number of carbonyl (C=O) groups is 2. The van der Waals surface area contributed by atoms with Crippen LogP contribution in [0.5, 0.6) is 17.2 Å². The average Bonchev–Trinajstić information content (AvgIpc) is 3.12. The Labute approximate surface area is 184 Å². The summed E-state index contributed by atoms with van der Waals surface area (Å²) in [4.78, 5) is 28.6. The number of carbonyl (C=O) groups excluding carboxylic acids is 2. The Balaban J connectivity index is 1.73. The van der Waals surface area contributed by atoms with Crippen LogP contribution in [-0.2, 0) is 14.3 Å². The van der Waals surface area contributed by atoms with Crippen molar-refractivity contribution >= 4 is 40.6 Å². The SMILES string of the molecule is CCOc1ccc(N=C2NC(=O)/C(=C\c3ccc(OCC(=O)OC)c(OC)c3)S2)cc1. The number of benzene rings is 2. The number of amides is 1. The molecule has 162 valence electrons. The van der Waals surface area contributed by atoms with Gasteiger partial charge in [0.2, 0.25) is 0 Å². The van der Waals surface area contributed by atoms with Crippen molar-refractivity contribution in [2.24, 2.45) is 4.99 Å². The number of hydrogen-bond donors (Lipinski definition) is 1. The number of thioether (sulfide) groups is 1. The number of rotatable bonds is 8. The van der Waals surface area contributed by atoms with Crippen molar-refractivity contribution < 1.29 is 28.5 Å². The summed E-state index contributed by atoms with van der Waals surface area (Å²) in [5.74, 6) is 0.871. The fourth-order valence-electron chi connectivity index (χ4n) is 2.62. The predicted octanol–water partition coefficient (Wildman–Crippen LogP) is 3.54. The van der Waals surface area contributed by atoms with Crippen LogP contribution in [0.3, 0.4) is 0 Å². The van der Waals surface area contributed by atoms with Crippen molar-refractivity contribution in [1.29, 1.82) is 0 Å². The van der Waals surface area contributed by atoms with Crippen molar-refractivity contribution in [3.05, 3.63) is 52.9 Å². The van der Waals surface area contributed by atoms with Gasteiger partial charge in [0, 0.05) is 0 Å². The van der Waals surface area contributed by atoms with E-state index in [1.165, 1.54) is 26.0 Å². The van der Waals surface area contributed by atoms with E-state index in [2.05, 4.69) is 15.0 Å². The molecule has 0 spiro atoms. The highest BCUT2D eigenvalue weighted by Gasteiger charge is 2.24. The number of nitrogens with zero attached hydrogens (tertiary/aromatic N) is 1. The van der Waals surface area contributed by atoms with Gasteiger partial charge in [-0.15, -0.1) is 0 Å². The van der Waals surface area contributed by atoms with E-state index >= 15 is 0 Å². The van der Waals surface area contributed by atoms with Gasteiger partial charge in [-0.3, -0.25) is 4.79 Å². The lowest BCUT2D eigenvalue weighted by atomic mass is 10.2. The van der Waals surface area contributed by atoms with E-state index in [1.807, 2.05) is 31.2 Å². The number of nitrogens with one attached hydrogen (secondary N) is 1. The zero-order valence-electron chi connectivity index (χ0n) is 17.3. The highest BCUT2D eigenvalue weighted by molar-refractivity contribution is 8.18. The van der Waals surface area contributed by atoms with Crippen molar-refractivity contribution in [2.75, 3.05) is 27.4 Å². The lowest BCUT2D eigenvalue weighted by Crippen LogP contribution is -2.19. The monoisotopic (exact) mass is 442 g/mol. The lowest BCUT2D eigenvalue weighted by molar-refractivity contribution is -0.142. The molecule has 0 radical (unpaired) electrons. The van der Waals surface area contributed by atoms with Crippen LogP contribution in [0.2, 0.25) is 0 Å². The van der Waals surface area contributed by atoms with Gasteiger partial charge in [0.1, 0.15) is 5.75 Å². The molecule has 31 heavy (non-hydrogen) atoms. The second-order valence-electron chi connectivity index (χ2n) is 6.18. The summed E-state index contributed by atoms with van der Waals surface area (Å²) in [6, 6.07) is 12.5. The third kappa shape index (κ3) is 6.02. The van der Waals surface area contributed by atoms with E-state index < -0.39 is 5.97 Å². The molecule has 1 heterocycles. The average molecular weight is 442 g/mol. The van der Waals surface area contributed by atoms with E-state index in [4.69, 9.17) is 14.2 Å². The van der Waals surface area contributed by atoms with E-state index in [9.17, 15) is 9.59 Å². The quantitative estimate of drug-likeness (QED) is 0.493. The Morgan fingerprint density at radius 1 is 1.10 bits per heavy atom. The lowest BCUT2D eigenvalue weighted by Gasteiger charge is -2.10. The molecule has 9 heteroatoms. The molecule has 1 N–H and O–H groups in total. The second kappa shape index (κ2) is 10.5. The molecular weight excluding hydrogens is 420 g/mol. The number of hydrogen-bond acceptors (Lipinski definition) is 8. The molecule has 2 aromatic rings. The molecule has 3 rings (SSSR count). The fraction of sp³-hybridized carbons (Fsp3) is 0.227. The van der Waals surface area contributed by atoms with Crippen LogP contribution < -0.4 is 19.5 Å². The molecule has 0 atom stereocenters. The fourth-order valence-corrected chi connectivity index (χ4v) is 3.46. The van der Waals surface area contributed by atoms with Gasteiger partial charge in [-0.25, -0.2) is 9.79 Å². The smallest absolute Gasteiger partial charge is 0.343 e. The first-order chi connectivity index (χ1) is 15.0. The Bertz CT molecular complexity index is 1020. The summed E-state index contributed by atoms with van der Waals surface area (Å²) < 4.78 is 20.7. The van der Waals surface area contributed by atoms with Crippen LogP contribution in [0.1, 0.15) is 12.5 Å². The highest BCUT2D eigenvalue weighted by atomic mass is 32.2. The maximum atomic E-state index is 12.3. The second-order valence-corrected chi connectivity index (χ2v) is 7.21. The third-order valence-electron chi connectivity index (χ3n) is 4.09. The van der Waals surface area contributed by atoms with Gasteiger partial charge in [0.15, 0.2) is 23.3 Å². The first-order valence-electron chi connectivity index (χ1n) is 9.42. The summed E-state index contributed by atoms with van der Waals surface area (Å²) >= 11 is 1.24. The minimum absolute atomic E-state index is 0.225. The molecular formula is C22H22N2O6S.